The highest BCUT2D eigenvalue weighted by molar-refractivity contribution is 5.85. The van der Waals surface area contributed by atoms with Gasteiger partial charge in [0.05, 0.1) is 0 Å². The molecule has 1 aromatic rings. The van der Waals surface area contributed by atoms with Crippen LogP contribution in [0.3, 0.4) is 0 Å². The molecule has 0 saturated heterocycles. The van der Waals surface area contributed by atoms with Crippen molar-refractivity contribution in [2.24, 2.45) is 23.5 Å². The summed E-state index contributed by atoms with van der Waals surface area (Å²) in [6.07, 6.45) is 6.78. The number of halogens is 1. The number of fused-ring (bicyclic) bond motifs is 2. The number of benzene rings is 1. The summed E-state index contributed by atoms with van der Waals surface area (Å²) in [7, 11) is 0. The third kappa shape index (κ3) is 3.78. The number of carbonyl (C=O) groups is 1. The van der Waals surface area contributed by atoms with Gasteiger partial charge in [-0.15, -0.1) is 12.4 Å². The van der Waals surface area contributed by atoms with Crippen molar-refractivity contribution < 1.29 is 4.79 Å². The van der Waals surface area contributed by atoms with Crippen LogP contribution in [0.25, 0.3) is 0 Å². The maximum Gasteiger partial charge on any atom is 0.241 e. The maximum atomic E-state index is 12.0. The van der Waals surface area contributed by atoms with Gasteiger partial charge in [-0.2, -0.15) is 0 Å². The number of amides is 1. The van der Waals surface area contributed by atoms with E-state index >= 15 is 0 Å². The minimum absolute atomic E-state index is 0. The highest BCUT2D eigenvalue weighted by Gasteiger charge is 2.38. The van der Waals surface area contributed by atoms with Crippen molar-refractivity contribution in [3.8, 4) is 0 Å². The molecule has 3 N–H and O–H groups in total. The molecule has 3 nitrogen and oxygen atoms in total. The molecule has 21 heavy (non-hydrogen) atoms. The molecule has 2 saturated carbocycles. The molecule has 4 heteroatoms. The van der Waals surface area contributed by atoms with Gasteiger partial charge in [-0.1, -0.05) is 36.8 Å². The first-order valence-electron chi connectivity index (χ1n) is 7.82. The summed E-state index contributed by atoms with van der Waals surface area (Å²) in [5.41, 5.74) is 6.86. The van der Waals surface area contributed by atoms with Gasteiger partial charge in [-0.25, -0.2) is 0 Å². The van der Waals surface area contributed by atoms with E-state index in [1.165, 1.54) is 25.7 Å². The Balaban J connectivity index is 0.00000161. The first-order valence-corrected chi connectivity index (χ1v) is 7.82. The van der Waals surface area contributed by atoms with E-state index in [-0.39, 0.29) is 18.3 Å². The lowest BCUT2D eigenvalue weighted by atomic mass is 9.86. The lowest BCUT2D eigenvalue weighted by Gasteiger charge is -2.22. The molecule has 0 aromatic heterocycles. The molecule has 116 valence electrons. The van der Waals surface area contributed by atoms with Crippen molar-refractivity contribution in [1.82, 2.24) is 5.32 Å². The largest absolute Gasteiger partial charge is 0.354 e. The molecular formula is C17H25ClN2O. The lowest BCUT2D eigenvalue weighted by molar-refractivity contribution is -0.122. The SMILES string of the molecule is Cl.NC(C(=O)NCCC1CC2CCC1C2)c1ccccc1. The van der Waals surface area contributed by atoms with Gasteiger partial charge in [0, 0.05) is 6.54 Å². The number of rotatable bonds is 5. The highest BCUT2D eigenvalue weighted by Crippen LogP contribution is 2.49. The zero-order valence-corrected chi connectivity index (χ0v) is 13.1. The molecule has 0 radical (unpaired) electrons. The summed E-state index contributed by atoms with van der Waals surface area (Å²) in [5, 5.41) is 3.00. The number of nitrogens with two attached hydrogens (primary N) is 1. The fraction of sp³-hybridized carbons (Fsp3) is 0.588. The quantitative estimate of drug-likeness (QED) is 0.878. The Kier molecular flexibility index (Phi) is 5.65. The first-order chi connectivity index (χ1) is 9.74. The van der Waals surface area contributed by atoms with E-state index < -0.39 is 6.04 Å². The van der Waals surface area contributed by atoms with Gasteiger partial charge in [0.1, 0.15) is 6.04 Å². The average molecular weight is 309 g/mol. The molecule has 2 aliphatic rings. The second-order valence-corrected chi connectivity index (χ2v) is 6.40. The van der Waals surface area contributed by atoms with Gasteiger partial charge in [0.25, 0.3) is 0 Å². The van der Waals surface area contributed by atoms with Crippen molar-refractivity contribution in [3.05, 3.63) is 35.9 Å². The Morgan fingerprint density at radius 3 is 2.62 bits per heavy atom. The van der Waals surface area contributed by atoms with E-state index in [9.17, 15) is 4.79 Å². The van der Waals surface area contributed by atoms with Crippen molar-refractivity contribution in [2.45, 2.75) is 38.1 Å². The minimum atomic E-state index is -0.545. The number of hydrogen-bond donors (Lipinski definition) is 2. The smallest absolute Gasteiger partial charge is 0.241 e. The summed E-state index contributed by atoms with van der Waals surface area (Å²) < 4.78 is 0. The Hall–Kier alpha value is -1.06. The fourth-order valence-electron chi connectivity index (χ4n) is 4.03. The molecule has 2 aliphatic carbocycles. The van der Waals surface area contributed by atoms with Crippen LogP contribution in [0.1, 0.15) is 43.7 Å². The Labute approximate surface area is 133 Å². The minimum Gasteiger partial charge on any atom is -0.354 e. The molecule has 2 bridgehead atoms. The van der Waals surface area contributed by atoms with Crippen LogP contribution in [-0.4, -0.2) is 12.5 Å². The first kappa shape index (κ1) is 16.3. The molecule has 0 spiro atoms. The fourth-order valence-corrected chi connectivity index (χ4v) is 4.03. The van der Waals surface area contributed by atoms with E-state index in [0.717, 1.165) is 36.3 Å². The van der Waals surface area contributed by atoms with Crippen LogP contribution in [0.4, 0.5) is 0 Å². The normalized spacial score (nSPS) is 28.0. The third-order valence-corrected chi connectivity index (χ3v) is 5.14. The highest BCUT2D eigenvalue weighted by atomic mass is 35.5. The van der Waals surface area contributed by atoms with Crippen LogP contribution in [0, 0.1) is 17.8 Å². The topological polar surface area (TPSA) is 55.1 Å². The van der Waals surface area contributed by atoms with Gasteiger partial charge in [-0.3, -0.25) is 4.79 Å². The molecule has 2 fully saturated rings. The van der Waals surface area contributed by atoms with Crippen molar-refractivity contribution in [1.29, 1.82) is 0 Å². The average Bonchev–Trinajstić information content (AvgIpc) is 3.10. The molecule has 0 aliphatic heterocycles. The van der Waals surface area contributed by atoms with Crippen LogP contribution < -0.4 is 11.1 Å². The van der Waals surface area contributed by atoms with E-state index in [2.05, 4.69) is 5.32 Å². The number of hydrogen-bond acceptors (Lipinski definition) is 2. The maximum absolute atomic E-state index is 12.0. The summed E-state index contributed by atoms with van der Waals surface area (Å²) in [4.78, 5) is 12.0. The van der Waals surface area contributed by atoms with Gasteiger partial charge >= 0.3 is 0 Å². The van der Waals surface area contributed by atoms with Gasteiger partial charge in [0.15, 0.2) is 0 Å². The molecule has 0 heterocycles. The van der Waals surface area contributed by atoms with E-state index in [1.807, 2.05) is 30.3 Å². The molecule has 3 rings (SSSR count). The number of nitrogens with one attached hydrogen (secondary N) is 1. The van der Waals surface area contributed by atoms with E-state index in [0.29, 0.717) is 0 Å². The molecule has 4 unspecified atom stereocenters. The summed E-state index contributed by atoms with van der Waals surface area (Å²) >= 11 is 0. The second kappa shape index (κ2) is 7.28. The predicted octanol–water partition coefficient (Wildman–Crippen LogP) is 3.05. The van der Waals surface area contributed by atoms with Gasteiger partial charge in [0.2, 0.25) is 5.91 Å². The summed E-state index contributed by atoms with van der Waals surface area (Å²) in [6, 6.07) is 9.02. The van der Waals surface area contributed by atoms with E-state index in [1.54, 1.807) is 0 Å². The van der Waals surface area contributed by atoms with Gasteiger partial charge in [-0.05, 0) is 49.0 Å². The van der Waals surface area contributed by atoms with Crippen LogP contribution in [0.15, 0.2) is 30.3 Å². The van der Waals surface area contributed by atoms with Crippen LogP contribution in [-0.2, 0) is 4.79 Å². The zero-order chi connectivity index (χ0) is 13.9. The number of carbonyl (C=O) groups excluding carboxylic acids is 1. The van der Waals surface area contributed by atoms with Crippen molar-refractivity contribution in [3.63, 3.8) is 0 Å². The third-order valence-electron chi connectivity index (χ3n) is 5.14. The standard InChI is InChI=1S/C17H24N2O.ClH/c18-16(13-4-2-1-3-5-13)17(20)19-9-8-15-11-12-6-7-14(15)10-12;/h1-5,12,14-16H,6-11,18H2,(H,19,20);1H. The summed E-state index contributed by atoms with van der Waals surface area (Å²) in [6.45, 7) is 0.771. The second-order valence-electron chi connectivity index (χ2n) is 6.40. The van der Waals surface area contributed by atoms with Gasteiger partial charge < -0.3 is 11.1 Å². The summed E-state index contributed by atoms with van der Waals surface area (Å²) in [5.74, 6) is 2.69. The molecular weight excluding hydrogens is 284 g/mol. The molecule has 1 aromatic carbocycles. The monoisotopic (exact) mass is 308 g/mol. The molecule has 1 amide bonds. The van der Waals surface area contributed by atoms with E-state index in [4.69, 9.17) is 5.73 Å². The van der Waals surface area contributed by atoms with Crippen LogP contribution in [0.5, 0.6) is 0 Å². The predicted molar refractivity (Wildman–Crippen MR) is 87.2 cm³/mol. The van der Waals surface area contributed by atoms with Crippen molar-refractivity contribution >= 4 is 18.3 Å². The van der Waals surface area contributed by atoms with Crippen LogP contribution in [0.2, 0.25) is 0 Å². The Morgan fingerprint density at radius 2 is 2.00 bits per heavy atom. The Morgan fingerprint density at radius 1 is 1.24 bits per heavy atom. The lowest BCUT2D eigenvalue weighted by Crippen LogP contribution is -2.35. The van der Waals surface area contributed by atoms with Crippen molar-refractivity contribution in [2.75, 3.05) is 6.54 Å². The molecule has 4 atom stereocenters. The zero-order valence-electron chi connectivity index (χ0n) is 12.3. The van der Waals surface area contributed by atoms with Crippen LogP contribution >= 0.6 is 12.4 Å². The Bertz CT molecular complexity index is 465.